The Morgan fingerprint density at radius 3 is 2.87 bits per heavy atom. The van der Waals surface area contributed by atoms with E-state index < -0.39 is 5.41 Å². The molecule has 150 valence electrons. The molecule has 0 N–H and O–H groups in total. The summed E-state index contributed by atoms with van der Waals surface area (Å²) in [6.07, 6.45) is 2.03. The average Bonchev–Trinajstić information content (AvgIpc) is 3.14. The van der Waals surface area contributed by atoms with E-state index in [2.05, 4.69) is 26.2 Å². The zero-order valence-electron chi connectivity index (χ0n) is 15.6. The second-order valence-corrected chi connectivity index (χ2v) is 9.11. The summed E-state index contributed by atoms with van der Waals surface area (Å²) in [7, 11) is 0. The number of nitrogens with zero attached hydrogens (tertiary/aromatic N) is 5. The smallest absolute Gasteiger partial charge is 0.223 e. The number of halogens is 1. The molecule has 30 heavy (non-hydrogen) atoms. The average molecular weight is 439 g/mol. The summed E-state index contributed by atoms with van der Waals surface area (Å²) < 4.78 is 21.0. The summed E-state index contributed by atoms with van der Waals surface area (Å²) in [5.74, 6) is 0.117. The van der Waals surface area contributed by atoms with Gasteiger partial charge < -0.3 is 4.42 Å². The van der Waals surface area contributed by atoms with Crippen LogP contribution in [0.5, 0.6) is 0 Å². The number of rotatable bonds is 7. The summed E-state index contributed by atoms with van der Waals surface area (Å²) >= 11 is 2.64. The standard InChI is InChI=1S/C20H14FN5O2S2/c21-18-12(14-8-29-10-23-14)1-2-13-19(18)30-17(24-13)6-16-26-25-15(28-16)5-11(27)7-20(9-22)3-4-20/h1-2,8,10H,3-7H2. The number of carbonyl (C=O) groups excluding carboxylic acids is 1. The highest BCUT2D eigenvalue weighted by atomic mass is 32.1. The van der Waals surface area contributed by atoms with Crippen LogP contribution in [0.3, 0.4) is 0 Å². The Bertz CT molecular complexity index is 1280. The number of ketones is 1. The Kier molecular flexibility index (Phi) is 4.64. The Morgan fingerprint density at radius 2 is 2.13 bits per heavy atom. The Morgan fingerprint density at radius 1 is 1.30 bits per heavy atom. The molecule has 0 aliphatic heterocycles. The van der Waals surface area contributed by atoms with Gasteiger partial charge in [-0.15, -0.1) is 32.9 Å². The Balaban J connectivity index is 1.31. The maximum atomic E-state index is 14.9. The van der Waals surface area contributed by atoms with Gasteiger partial charge in [0.2, 0.25) is 11.8 Å². The number of hydrogen-bond acceptors (Lipinski definition) is 9. The number of Topliss-reactive ketones (excluding diaryl/α,β-unsaturated/α-hetero) is 1. The normalized spacial score (nSPS) is 14.7. The Hall–Kier alpha value is -3.03. The first-order valence-corrected chi connectivity index (χ1v) is 11.0. The summed E-state index contributed by atoms with van der Waals surface area (Å²) in [6, 6.07) is 5.66. The minimum Gasteiger partial charge on any atom is -0.424 e. The molecule has 1 fully saturated rings. The van der Waals surface area contributed by atoms with Gasteiger partial charge >= 0.3 is 0 Å². The van der Waals surface area contributed by atoms with Crippen LogP contribution < -0.4 is 0 Å². The molecule has 0 spiro atoms. The van der Waals surface area contributed by atoms with Gasteiger partial charge in [0.15, 0.2) is 5.82 Å². The van der Waals surface area contributed by atoms with Gasteiger partial charge in [-0.2, -0.15) is 5.26 Å². The van der Waals surface area contributed by atoms with Crippen LogP contribution in [0, 0.1) is 22.6 Å². The second-order valence-electron chi connectivity index (χ2n) is 7.31. The van der Waals surface area contributed by atoms with Crippen LogP contribution in [0.2, 0.25) is 0 Å². The van der Waals surface area contributed by atoms with E-state index in [1.54, 1.807) is 23.0 Å². The van der Waals surface area contributed by atoms with E-state index in [0.29, 0.717) is 32.4 Å². The molecule has 1 saturated carbocycles. The van der Waals surface area contributed by atoms with Crippen molar-refractivity contribution in [3.8, 4) is 17.3 Å². The summed E-state index contributed by atoms with van der Waals surface area (Å²) in [6.45, 7) is 0. The highest BCUT2D eigenvalue weighted by molar-refractivity contribution is 7.18. The van der Waals surface area contributed by atoms with Crippen molar-refractivity contribution >= 4 is 38.7 Å². The highest BCUT2D eigenvalue weighted by Crippen LogP contribution is 2.48. The van der Waals surface area contributed by atoms with Crippen LogP contribution in [0.1, 0.15) is 36.1 Å². The molecular formula is C20H14FN5O2S2. The molecule has 3 heterocycles. The van der Waals surface area contributed by atoms with Crippen molar-refractivity contribution in [1.29, 1.82) is 5.26 Å². The molecule has 0 amide bonds. The summed E-state index contributed by atoms with van der Waals surface area (Å²) in [5, 5.41) is 19.4. The van der Waals surface area contributed by atoms with Crippen LogP contribution in [0.15, 0.2) is 27.4 Å². The third kappa shape index (κ3) is 3.62. The fraction of sp³-hybridized carbons (Fsp3) is 0.300. The number of thiazole rings is 2. The van der Waals surface area contributed by atoms with Crippen molar-refractivity contribution in [3.63, 3.8) is 0 Å². The predicted molar refractivity (Wildman–Crippen MR) is 108 cm³/mol. The van der Waals surface area contributed by atoms with Crippen LogP contribution in [0.25, 0.3) is 21.5 Å². The molecule has 0 bridgehead atoms. The van der Waals surface area contributed by atoms with E-state index in [4.69, 9.17) is 9.68 Å². The van der Waals surface area contributed by atoms with Gasteiger partial charge in [0.25, 0.3) is 0 Å². The van der Waals surface area contributed by atoms with Crippen molar-refractivity contribution in [3.05, 3.63) is 45.6 Å². The molecule has 0 atom stereocenters. The van der Waals surface area contributed by atoms with Gasteiger partial charge in [0.1, 0.15) is 10.8 Å². The molecule has 10 heteroatoms. The van der Waals surface area contributed by atoms with Gasteiger partial charge in [-0.05, 0) is 25.0 Å². The van der Waals surface area contributed by atoms with E-state index in [0.717, 1.165) is 12.8 Å². The maximum absolute atomic E-state index is 14.9. The van der Waals surface area contributed by atoms with Gasteiger partial charge in [0.05, 0.1) is 45.7 Å². The van der Waals surface area contributed by atoms with Crippen molar-refractivity contribution in [1.82, 2.24) is 20.2 Å². The third-order valence-corrected chi connectivity index (χ3v) is 6.69. The molecule has 1 aliphatic carbocycles. The monoisotopic (exact) mass is 439 g/mol. The number of aromatic nitrogens is 4. The molecule has 0 radical (unpaired) electrons. The fourth-order valence-corrected chi connectivity index (χ4v) is 4.82. The zero-order chi connectivity index (χ0) is 20.7. The lowest BCUT2D eigenvalue weighted by Gasteiger charge is -2.01. The lowest BCUT2D eigenvalue weighted by Crippen LogP contribution is -2.10. The number of nitriles is 1. The number of carbonyl (C=O) groups is 1. The van der Waals surface area contributed by atoms with Crippen LogP contribution in [-0.4, -0.2) is 25.9 Å². The maximum Gasteiger partial charge on any atom is 0.223 e. The fourth-order valence-electron chi connectivity index (χ4n) is 3.27. The van der Waals surface area contributed by atoms with Crippen molar-refractivity contribution in [2.75, 3.05) is 0 Å². The molecule has 4 aromatic rings. The van der Waals surface area contributed by atoms with Crippen LogP contribution in [-0.2, 0) is 17.6 Å². The minimum absolute atomic E-state index is 0.0158. The lowest BCUT2D eigenvalue weighted by molar-refractivity contribution is -0.119. The van der Waals surface area contributed by atoms with E-state index in [-0.39, 0.29) is 36.8 Å². The van der Waals surface area contributed by atoms with Gasteiger partial charge in [-0.3, -0.25) is 4.79 Å². The van der Waals surface area contributed by atoms with Crippen LogP contribution >= 0.6 is 22.7 Å². The third-order valence-electron chi connectivity index (χ3n) is 5.04. The zero-order valence-corrected chi connectivity index (χ0v) is 17.2. The predicted octanol–water partition coefficient (Wildman–Crippen LogP) is 4.34. The summed E-state index contributed by atoms with van der Waals surface area (Å²) in [4.78, 5) is 20.8. The minimum atomic E-state index is -0.484. The molecule has 7 nitrogen and oxygen atoms in total. The Labute approximate surface area is 178 Å². The van der Waals surface area contributed by atoms with Crippen molar-refractivity contribution in [2.45, 2.75) is 32.1 Å². The first-order chi connectivity index (χ1) is 14.5. The van der Waals surface area contributed by atoms with Crippen molar-refractivity contribution < 1.29 is 13.6 Å². The number of benzene rings is 1. The van der Waals surface area contributed by atoms with Crippen molar-refractivity contribution in [2.24, 2.45) is 5.41 Å². The number of hydrogen-bond donors (Lipinski definition) is 0. The van der Waals surface area contributed by atoms with Gasteiger partial charge in [0, 0.05) is 17.4 Å². The topological polar surface area (TPSA) is 106 Å². The summed E-state index contributed by atoms with van der Waals surface area (Å²) in [5.41, 5.74) is 2.79. The van der Waals surface area contributed by atoms with Crippen LogP contribution in [0.4, 0.5) is 4.39 Å². The molecular weight excluding hydrogens is 425 g/mol. The lowest BCUT2D eigenvalue weighted by atomic mass is 10.00. The first-order valence-electron chi connectivity index (χ1n) is 9.26. The molecule has 0 unspecified atom stereocenters. The molecule has 0 saturated heterocycles. The van der Waals surface area contributed by atoms with Gasteiger partial charge in [-0.1, -0.05) is 0 Å². The quantitative estimate of drug-likeness (QED) is 0.422. The first kappa shape index (κ1) is 19.0. The van der Waals surface area contributed by atoms with Gasteiger partial charge in [-0.25, -0.2) is 14.4 Å². The molecule has 5 rings (SSSR count). The van der Waals surface area contributed by atoms with E-state index in [9.17, 15) is 9.18 Å². The highest BCUT2D eigenvalue weighted by Gasteiger charge is 2.44. The second kappa shape index (κ2) is 7.34. The van der Waals surface area contributed by atoms with E-state index in [1.807, 2.05) is 0 Å². The molecule has 3 aromatic heterocycles. The molecule has 1 aliphatic rings. The number of fused-ring (bicyclic) bond motifs is 1. The van der Waals surface area contributed by atoms with E-state index in [1.165, 1.54) is 22.7 Å². The van der Waals surface area contributed by atoms with E-state index >= 15 is 0 Å². The molecule has 1 aromatic carbocycles. The largest absolute Gasteiger partial charge is 0.424 e. The SMILES string of the molecule is N#CC1(CC(=O)Cc2nnc(Cc3nc4ccc(-c5cscn5)c(F)c4s3)o2)CC1.